The van der Waals surface area contributed by atoms with Crippen molar-refractivity contribution in [1.29, 1.82) is 0 Å². The normalized spacial score (nSPS) is 24.2. The molecular formula is C13H17F2NO3S2. The summed E-state index contributed by atoms with van der Waals surface area (Å²) in [5.74, 6) is -2.06. The number of rotatable bonds is 3. The number of nitrogens with zero attached hydrogens (tertiary/aromatic N) is 1. The van der Waals surface area contributed by atoms with Gasteiger partial charge in [0, 0.05) is 23.6 Å². The summed E-state index contributed by atoms with van der Waals surface area (Å²) in [6.45, 7) is 3.35. The fraction of sp³-hybridized carbons (Fsp3) is 0.538. The maximum atomic E-state index is 13.9. The van der Waals surface area contributed by atoms with E-state index in [4.69, 9.17) is 5.11 Å². The van der Waals surface area contributed by atoms with Gasteiger partial charge in [-0.3, -0.25) is 0 Å². The Morgan fingerprint density at radius 3 is 2.67 bits per heavy atom. The lowest BCUT2D eigenvalue weighted by molar-refractivity contribution is 0.280. The van der Waals surface area contributed by atoms with E-state index in [9.17, 15) is 17.2 Å². The number of aliphatic hydroxyl groups is 1. The van der Waals surface area contributed by atoms with E-state index in [1.807, 2.05) is 6.92 Å². The Balaban J connectivity index is 2.51. The Morgan fingerprint density at radius 1 is 1.38 bits per heavy atom. The first-order valence-corrected chi connectivity index (χ1v) is 9.00. The summed E-state index contributed by atoms with van der Waals surface area (Å²) in [7, 11) is -4.14. The average Bonchev–Trinajstić information content (AvgIpc) is 2.44. The lowest BCUT2D eigenvalue weighted by Crippen LogP contribution is -2.48. The van der Waals surface area contributed by atoms with Crippen molar-refractivity contribution in [2.24, 2.45) is 0 Å². The zero-order valence-electron chi connectivity index (χ0n) is 11.7. The summed E-state index contributed by atoms with van der Waals surface area (Å²) in [6.07, 6.45) is 0. The minimum atomic E-state index is -4.14. The first-order valence-electron chi connectivity index (χ1n) is 6.51. The van der Waals surface area contributed by atoms with Crippen molar-refractivity contribution >= 4 is 21.8 Å². The average molecular weight is 337 g/mol. The quantitative estimate of drug-likeness (QED) is 0.916. The topological polar surface area (TPSA) is 57.6 Å². The molecule has 0 radical (unpaired) electrons. The molecule has 0 saturated carbocycles. The number of hydrogen-bond donors (Lipinski definition) is 1. The van der Waals surface area contributed by atoms with E-state index >= 15 is 0 Å². The highest BCUT2D eigenvalue weighted by atomic mass is 32.2. The molecule has 1 aliphatic rings. The second-order valence-electron chi connectivity index (χ2n) is 4.98. The van der Waals surface area contributed by atoms with E-state index in [0.29, 0.717) is 5.75 Å². The van der Waals surface area contributed by atoms with Crippen LogP contribution in [0.25, 0.3) is 0 Å². The van der Waals surface area contributed by atoms with Gasteiger partial charge in [-0.15, -0.1) is 0 Å². The van der Waals surface area contributed by atoms with Gasteiger partial charge in [-0.1, -0.05) is 6.92 Å². The number of thioether (sulfide) groups is 1. The Labute approximate surface area is 127 Å². The molecule has 0 spiro atoms. The molecule has 0 aromatic heterocycles. The number of hydrogen-bond acceptors (Lipinski definition) is 4. The van der Waals surface area contributed by atoms with Crippen LogP contribution in [0.2, 0.25) is 0 Å². The summed E-state index contributed by atoms with van der Waals surface area (Å²) in [5.41, 5.74) is 0.0274. The molecule has 1 aliphatic heterocycles. The van der Waals surface area contributed by atoms with Gasteiger partial charge < -0.3 is 5.11 Å². The van der Waals surface area contributed by atoms with E-state index in [2.05, 4.69) is 0 Å². The van der Waals surface area contributed by atoms with E-state index in [-0.39, 0.29) is 23.4 Å². The van der Waals surface area contributed by atoms with E-state index < -0.39 is 33.2 Å². The van der Waals surface area contributed by atoms with Gasteiger partial charge in [-0.2, -0.15) is 16.1 Å². The molecule has 1 aromatic carbocycles. The van der Waals surface area contributed by atoms with Crippen molar-refractivity contribution in [2.75, 3.05) is 12.3 Å². The van der Waals surface area contributed by atoms with Gasteiger partial charge in [0.15, 0.2) is 11.6 Å². The highest BCUT2D eigenvalue weighted by Crippen LogP contribution is 2.31. The second kappa shape index (κ2) is 6.20. The van der Waals surface area contributed by atoms with E-state index in [1.54, 1.807) is 18.7 Å². The van der Waals surface area contributed by atoms with Crippen molar-refractivity contribution in [3.05, 3.63) is 29.3 Å². The van der Waals surface area contributed by atoms with E-state index in [0.717, 1.165) is 12.1 Å². The molecule has 0 amide bonds. The molecule has 8 heteroatoms. The molecule has 2 unspecified atom stereocenters. The van der Waals surface area contributed by atoms with Crippen LogP contribution in [0.5, 0.6) is 0 Å². The lowest BCUT2D eigenvalue weighted by atomic mass is 10.2. The van der Waals surface area contributed by atoms with Crippen LogP contribution in [0.1, 0.15) is 19.4 Å². The SMILES string of the molecule is CC1SCCN(S(=O)(=O)c2cc(CO)cc(F)c2F)C1C. The highest BCUT2D eigenvalue weighted by molar-refractivity contribution is 8.00. The highest BCUT2D eigenvalue weighted by Gasteiger charge is 2.37. The summed E-state index contributed by atoms with van der Waals surface area (Å²) >= 11 is 1.64. The van der Waals surface area contributed by atoms with Gasteiger partial charge in [0.25, 0.3) is 0 Å². The van der Waals surface area contributed by atoms with E-state index in [1.165, 1.54) is 4.31 Å². The molecule has 118 valence electrons. The van der Waals surface area contributed by atoms with Crippen LogP contribution in [-0.2, 0) is 16.6 Å². The van der Waals surface area contributed by atoms with Crippen LogP contribution in [0.15, 0.2) is 17.0 Å². The zero-order valence-corrected chi connectivity index (χ0v) is 13.3. The molecule has 1 aromatic rings. The smallest absolute Gasteiger partial charge is 0.246 e. The monoisotopic (exact) mass is 337 g/mol. The first kappa shape index (κ1) is 16.7. The third kappa shape index (κ3) is 3.08. The molecule has 1 heterocycles. The number of benzene rings is 1. The Kier molecular flexibility index (Phi) is 4.92. The molecule has 1 saturated heterocycles. The lowest BCUT2D eigenvalue weighted by Gasteiger charge is -2.36. The molecule has 21 heavy (non-hydrogen) atoms. The third-order valence-corrected chi connectivity index (χ3v) is 6.97. The van der Waals surface area contributed by atoms with Crippen molar-refractivity contribution in [2.45, 2.75) is 36.6 Å². The van der Waals surface area contributed by atoms with Crippen LogP contribution in [0.3, 0.4) is 0 Å². The van der Waals surface area contributed by atoms with Crippen LogP contribution in [0.4, 0.5) is 8.78 Å². The predicted molar refractivity (Wildman–Crippen MR) is 77.6 cm³/mol. The third-order valence-electron chi connectivity index (χ3n) is 3.65. The summed E-state index contributed by atoms with van der Waals surface area (Å²) in [5, 5.41) is 9.12. The first-order chi connectivity index (χ1) is 9.78. The minimum Gasteiger partial charge on any atom is -0.392 e. The van der Waals surface area contributed by atoms with Crippen LogP contribution < -0.4 is 0 Å². The Hall–Kier alpha value is -0.700. The summed E-state index contributed by atoms with van der Waals surface area (Å²) < 4.78 is 53.9. The fourth-order valence-electron chi connectivity index (χ4n) is 2.27. The Bertz CT molecular complexity index is 637. The van der Waals surface area contributed by atoms with Crippen molar-refractivity contribution in [3.63, 3.8) is 0 Å². The van der Waals surface area contributed by atoms with Gasteiger partial charge in [0.05, 0.1) is 6.61 Å². The maximum absolute atomic E-state index is 13.9. The fourth-order valence-corrected chi connectivity index (χ4v) is 5.39. The molecule has 0 bridgehead atoms. The number of aliphatic hydroxyl groups excluding tert-OH is 1. The van der Waals surface area contributed by atoms with Crippen LogP contribution >= 0.6 is 11.8 Å². The van der Waals surface area contributed by atoms with Crippen molar-refractivity contribution < 1.29 is 22.3 Å². The minimum absolute atomic E-state index is 0.0274. The van der Waals surface area contributed by atoms with Crippen LogP contribution in [-0.4, -0.2) is 41.4 Å². The molecule has 1 N–H and O–H groups in total. The standard InChI is InChI=1S/C13H17F2NO3S2/c1-8-9(2)20-4-3-16(8)21(18,19)12-6-10(7-17)5-11(14)13(12)15/h5-6,8-9,17H,3-4,7H2,1-2H3. The van der Waals surface area contributed by atoms with Gasteiger partial charge >= 0.3 is 0 Å². The number of sulfonamides is 1. The summed E-state index contributed by atoms with van der Waals surface area (Å²) in [4.78, 5) is -0.711. The zero-order chi connectivity index (χ0) is 15.8. The Morgan fingerprint density at radius 2 is 2.05 bits per heavy atom. The van der Waals surface area contributed by atoms with Crippen LogP contribution in [0, 0.1) is 11.6 Å². The summed E-state index contributed by atoms with van der Waals surface area (Å²) in [6, 6.07) is 1.48. The van der Waals surface area contributed by atoms with Crippen molar-refractivity contribution in [1.82, 2.24) is 4.31 Å². The molecule has 4 nitrogen and oxygen atoms in total. The number of halogens is 2. The van der Waals surface area contributed by atoms with Gasteiger partial charge in [-0.05, 0) is 24.6 Å². The predicted octanol–water partition coefficient (Wildman–Crippen LogP) is 1.97. The van der Waals surface area contributed by atoms with Gasteiger partial charge in [-0.25, -0.2) is 17.2 Å². The largest absolute Gasteiger partial charge is 0.392 e. The molecule has 2 rings (SSSR count). The molecule has 0 aliphatic carbocycles. The molecular weight excluding hydrogens is 320 g/mol. The van der Waals surface area contributed by atoms with Crippen molar-refractivity contribution in [3.8, 4) is 0 Å². The van der Waals surface area contributed by atoms with Gasteiger partial charge in [0.1, 0.15) is 4.90 Å². The maximum Gasteiger partial charge on any atom is 0.246 e. The molecule has 1 fully saturated rings. The van der Waals surface area contributed by atoms with Gasteiger partial charge in [0.2, 0.25) is 10.0 Å². The second-order valence-corrected chi connectivity index (χ2v) is 8.32. The molecule has 2 atom stereocenters.